The van der Waals surface area contributed by atoms with E-state index in [0.29, 0.717) is 18.9 Å². The normalized spacial score (nSPS) is 20.0. The number of amides is 1. The van der Waals surface area contributed by atoms with Crippen molar-refractivity contribution in [3.63, 3.8) is 0 Å². The van der Waals surface area contributed by atoms with Crippen LogP contribution < -0.4 is 10.2 Å². The molecule has 0 spiro atoms. The summed E-state index contributed by atoms with van der Waals surface area (Å²) in [5.41, 5.74) is 7.35. The zero-order chi connectivity index (χ0) is 22.2. The summed E-state index contributed by atoms with van der Waals surface area (Å²) in [6, 6.07) is 15.7. The van der Waals surface area contributed by atoms with E-state index < -0.39 is 0 Å². The molecule has 2 unspecified atom stereocenters. The molecule has 32 heavy (non-hydrogen) atoms. The lowest BCUT2D eigenvalue weighted by Crippen LogP contribution is -2.47. The highest BCUT2D eigenvalue weighted by molar-refractivity contribution is 5.84. The molecule has 0 aliphatic carbocycles. The first-order valence-electron chi connectivity index (χ1n) is 10.7. The molecule has 3 heterocycles. The van der Waals surface area contributed by atoms with E-state index in [-0.39, 0.29) is 18.0 Å². The van der Waals surface area contributed by atoms with E-state index in [9.17, 15) is 4.79 Å². The van der Waals surface area contributed by atoms with Gasteiger partial charge < -0.3 is 19.1 Å². The van der Waals surface area contributed by atoms with E-state index in [1.54, 1.807) is 18.2 Å². The van der Waals surface area contributed by atoms with Crippen molar-refractivity contribution in [2.24, 2.45) is 0 Å². The maximum Gasteiger partial charge on any atom is 0.251 e. The quantitative estimate of drug-likeness (QED) is 0.657. The van der Waals surface area contributed by atoms with E-state index in [0.717, 1.165) is 28.3 Å². The number of hydrogen-bond acceptors (Lipinski definition) is 6. The van der Waals surface area contributed by atoms with Crippen molar-refractivity contribution in [1.82, 2.24) is 20.3 Å². The number of nitrogens with zero attached hydrogens (tertiary/aromatic N) is 3. The van der Waals surface area contributed by atoms with E-state index in [2.05, 4.69) is 10.4 Å². The van der Waals surface area contributed by atoms with Gasteiger partial charge >= 0.3 is 0 Å². The number of ether oxygens (including phenoxy) is 1. The molecule has 164 valence electrons. The first-order valence-corrected chi connectivity index (χ1v) is 10.7. The zero-order valence-electron chi connectivity index (χ0n) is 18.4. The summed E-state index contributed by atoms with van der Waals surface area (Å²) in [5.74, 6) is 2.16. The largest absolute Gasteiger partial charge is 0.496 e. The van der Waals surface area contributed by atoms with Crippen LogP contribution >= 0.6 is 0 Å². The van der Waals surface area contributed by atoms with Crippen molar-refractivity contribution in [3.05, 3.63) is 83.5 Å². The number of benzene rings is 2. The SMILES string of the molecule is COc1ccccc1C1CC2C(=O)N(Cc3nc(-c4ccc(C)cc4)oc3C)C=CN2N1. The van der Waals surface area contributed by atoms with Crippen LogP contribution in [-0.4, -0.2) is 34.0 Å². The first-order chi connectivity index (χ1) is 15.5. The average Bonchev–Trinajstić information content (AvgIpc) is 3.40. The fraction of sp³-hybridized carbons (Fsp3) is 0.280. The fourth-order valence-electron chi connectivity index (χ4n) is 4.28. The Morgan fingerprint density at radius 2 is 1.91 bits per heavy atom. The minimum atomic E-state index is -0.279. The molecule has 0 radical (unpaired) electrons. The van der Waals surface area contributed by atoms with Crippen molar-refractivity contribution in [2.75, 3.05) is 7.11 Å². The summed E-state index contributed by atoms with van der Waals surface area (Å²) in [5, 5.41) is 1.89. The summed E-state index contributed by atoms with van der Waals surface area (Å²) in [7, 11) is 1.67. The molecule has 2 aliphatic heterocycles. The van der Waals surface area contributed by atoms with Gasteiger partial charge in [0.05, 0.1) is 19.7 Å². The van der Waals surface area contributed by atoms with E-state index >= 15 is 0 Å². The van der Waals surface area contributed by atoms with Crippen LogP contribution in [0.15, 0.2) is 65.3 Å². The Balaban J connectivity index is 1.32. The summed E-state index contributed by atoms with van der Waals surface area (Å²) in [6.07, 6.45) is 4.38. The smallest absolute Gasteiger partial charge is 0.251 e. The molecule has 1 N–H and O–H groups in total. The number of nitrogens with one attached hydrogen (secondary N) is 1. The Kier molecular flexibility index (Phi) is 5.19. The molecule has 1 amide bonds. The molecule has 1 saturated heterocycles. The second-order valence-electron chi connectivity index (χ2n) is 8.23. The van der Waals surface area contributed by atoms with Gasteiger partial charge in [0.2, 0.25) is 5.89 Å². The van der Waals surface area contributed by atoms with Gasteiger partial charge in [-0.15, -0.1) is 0 Å². The fourth-order valence-corrected chi connectivity index (χ4v) is 4.28. The summed E-state index contributed by atoms with van der Waals surface area (Å²) in [4.78, 5) is 19.7. The number of para-hydroxylation sites is 1. The Labute approximate surface area is 187 Å². The first kappa shape index (κ1) is 20.3. The van der Waals surface area contributed by atoms with Crippen LogP contribution in [-0.2, 0) is 11.3 Å². The molecule has 7 nitrogen and oxygen atoms in total. The Morgan fingerprint density at radius 1 is 1.12 bits per heavy atom. The maximum atomic E-state index is 13.3. The number of carbonyl (C=O) groups is 1. The monoisotopic (exact) mass is 430 g/mol. The molecular formula is C25H26N4O3. The Bertz CT molecular complexity index is 1170. The number of oxazole rings is 1. The molecular weight excluding hydrogens is 404 g/mol. The van der Waals surface area contributed by atoms with Gasteiger partial charge in [0.15, 0.2) is 0 Å². The number of hydrazine groups is 1. The number of carbonyl (C=O) groups excluding carboxylic acids is 1. The van der Waals surface area contributed by atoms with Crippen LogP contribution in [0.3, 0.4) is 0 Å². The van der Waals surface area contributed by atoms with Gasteiger partial charge in [0.25, 0.3) is 5.91 Å². The number of methoxy groups -OCH3 is 1. The Hall–Kier alpha value is -3.58. The second-order valence-corrected chi connectivity index (χ2v) is 8.23. The highest BCUT2D eigenvalue weighted by atomic mass is 16.5. The Morgan fingerprint density at radius 3 is 2.69 bits per heavy atom. The van der Waals surface area contributed by atoms with Gasteiger partial charge in [-0.05, 0) is 38.5 Å². The average molecular weight is 431 g/mol. The van der Waals surface area contributed by atoms with Crippen molar-refractivity contribution in [3.8, 4) is 17.2 Å². The lowest BCUT2D eigenvalue weighted by atomic mass is 10.00. The molecule has 7 heteroatoms. The van der Waals surface area contributed by atoms with Gasteiger partial charge in [-0.1, -0.05) is 35.9 Å². The zero-order valence-corrected chi connectivity index (χ0v) is 18.4. The van der Waals surface area contributed by atoms with Gasteiger partial charge in [-0.3, -0.25) is 4.79 Å². The molecule has 2 aliphatic rings. The highest BCUT2D eigenvalue weighted by Crippen LogP contribution is 2.35. The standard InChI is InChI=1S/C25H26N4O3/c1-16-8-10-18(11-9-16)24-26-21(17(2)32-24)15-28-12-13-29-22(25(28)30)14-20(27-29)19-6-4-5-7-23(19)31-3/h4-13,20,22,27H,14-15H2,1-3H3. The summed E-state index contributed by atoms with van der Waals surface area (Å²) < 4.78 is 11.4. The summed E-state index contributed by atoms with van der Waals surface area (Å²) in [6.45, 7) is 4.31. The predicted molar refractivity (Wildman–Crippen MR) is 120 cm³/mol. The number of fused-ring (bicyclic) bond motifs is 1. The lowest BCUT2D eigenvalue weighted by Gasteiger charge is -2.31. The van der Waals surface area contributed by atoms with Gasteiger partial charge in [0, 0.05) is 23.5 Å². The number of aryl methyl sites for hydroxylation is 2. The molecule has 0 saturated carbocycles. The van der Waals surface area contributed by atoms with Gasteiger partial charge in [-0.25, -0.2) is 10.4 Å². The van der Waals surface area contributed by atoms with E-state index in [1.165, 1.54) is 5.56 Å². The van der Waals surface area contributed by atoms with Crippen LogP contribution in [0.5, 0.6) is 5.75 Å². The van der Waals surface area contributed by atoms with Gasteiger partial charge in [0.1, 0.15) is 23.2 Å². The lowest BCUT2D eigenvalue weighted by molar-refractivity contribution is -0.135. The van der Waals surface area contributed by atoms with Crippen LogP contribution in [0.25, 0.3) is 11.5 Å². The van der Waals surface area contributed by atoms with Gasteiger partial charge in [-0.2, -0.15) is 0 Å². The van der Waals surface area contributed by atoms with E-state index in [4.69, 9.17) is 9.15 Å². The third-order valence-corrected chi connectivity index (χ3v) is 6.10. The van der Waals surface area contributed by atoms with Crippen LogP contribution in [0.4, 0.5) is 0 Å². The van der Waals surface area contributed by atoms with Crippen molar-refractivity contribution < 1.29 is 13.9 Å². The molecule has 2 atom stereocenters. The van der Waals surface area contributed by atoms with Crippen molar-refractivity contribution in [2.45, 2.75) is 38.9 Å². The number of hydrogen-bond donors (Lipinski definition) is 1. The molecule has 0 bridgehead atoms. The number of rotatable bonds is 5. The molecule has 3 aromatic rings. The van der Waals surface area contributed by atoms with Crippen molar-refractivity contribution >= 4 is 5.91 Å². The molecule has 1 aromatic heterocycles. The third-order valence-electron chi connectivity index (χ3n) is 6.10. The topological polar surface area (TPSA) is 70.8 Å². The maximum absolute atomic E-state index is 13.3. The van der Waals surface area contributed by atoms with Crippen LogP contribution in [0, 0.1) is 13.8 Å². The predicted octanol–water partition coefficient (Wildman–Crippen LogP) is 4.10. The minimum absolute atomic E-state index is 0.00614. The molecule has 1 fully saturated rings. The highest BCUT2D eigenvalue weighted by Gasteiger charge is 2.41. The second kappa shape index (κ2) is 8.16. The van der Waals surface area contributed by atoms with E-state index in [1.807, 2.05) is 73.6 Å². The summed E-state index contributed by atoms with van der Waals surface area (Å²) >= 11 is 0. The number of aromatic nitrogens is 1. The molecule has 5 rings (SSSR count). The third kappa shape index (κ3) is 3.65. The van der Waals surface area contributed by atoms with Crippen LogP contribution in [0.2, 0.25) is 0 Å². The molecule has 2 aromatic carbocycles. The van der Waals surface area contributed by atoms with Crippen LogP contribution in [0.1, 0.15) is 35.0 Å². The van der Waals surface area contributed by atoms with Crippen molar-refractivity contribution in [1.29, 1.82) is 0 Å². The minimum Gasteiger partial charge on any atom is -0.496 e.